The van der Waals surface area contributed by atoms with Crippen LogP contribution in [0, 0.1) is 6.92 Å². The van der Waals surface area contributed by atoms with Gasteiger partial charge in [0.25, 0.3) is 0 Å². The number of thiazole rings is 1. The van der Waals surface area contributed by atoms with Crippen molar-refractivity contribution < 1.29 is 9.90 Å². The predicted molar refractivity (Wildman–Crippen MR) is 69.9 cm³/mol. The number of nitrogens with one attached hydrogen (secondary N) is 1. The summed E-state index contributed by atoms with van der Waals surface area (Å²) in [7, 11) is 0. The molecule has 0 aliphatic rings. The number of thioether (sulfide) groups is 1. The van der Waals surface area contributed by atoms with Gasteiger partial charge >= 0.3 is 5.97 Å². The summed E-state index contributed by atoms with van der Waals surface area (Å²) in [5.41, 5.74) is 0.148. The highest BCUT2D eigenvalue weighted by atomic mass is 32.2. The van der Waals surface area contributed by atoms with Gasteiger partial charge in [-0.25, -0.2) is 9.78 Å². The minimum Gasteiger partial charge on any atom is -0.476 e. The fourth-order valence-corrected chi connectivity index (χ4v) is 2.05. The Morgan fingerprint density at radius 1 is 1.62 bits per heavy atom. The summed E-state index contributed by atoms with van der Waals surface area (Å²) in [6.07, 6.45) is 2.05. The molecular weight excluding hydrogens is 244 g/mol. The lowest BCUT2D eigenvalue weighted by Gasteiger charge is -2.21. The fraction of sp³-hybridized carbons (Fsp3) is 0.600. The maximum Gasteiger partial charge on any atom is 0.355 e. The molecule has 0 saturated heterocycles. The van der Waals surface area contributed by atoms with Crippen LogP contribution < -0.4 is 5.32 Å². The van der Waals surface area contributed by atoms with E-state index >= 15 is 0 Å². The first-order chi connectivity index (χ1) is 7.35. The zero-order chi connectivity index (χ0) is 12.3. The first-order valence-corrected chi connectivity index (χ1v) is 6.89. The number of carboxylic acid groups (broad SMARTS) is 1. The molecule has 0 spiro atoms. The van der Waals surface area contributed by atoms with Crippen LogP contribution in [0.25, 0.3) is 0 Å². The second-order valence-electron chi connectivity index (χ2n) is 4.05. The Morgan fingerprint density at radius 2 is 2.25 bits per heavy atom. The third-order valence-electron chi connectivity index (χ3n) is 2.22. The molecule has 1 heterocycles. The van der Waals surface area contributed by atoms with E-state index < -0.39 is 5.97 Å². The van der Waals surface area contributed by atoms with Gasteiger partial charge in [0.1, 0.15) is 0 Å². The van der Waals surface area contributed by atoms with Gasteiger partial charge in [-0.1, -0.05) is 0 Å². The molecule has 0 amide bonds. The molecule has 1 aromatic heterocycles. The van der Waals surface area contributed by atoms with E-state index in [4.69, 9.17) is 5.11 Å². The van der Waals surface area contributed by atoms with Crippen LogP contribution in [0.1, 0.15) is 29.2 Å². The highest BCUT2D eigenvalue weighted by Crippen LogP contribution is 2.25. The molecule has 0 bridgehead atoms. The van der Waals surface area contributed by atoms with Gasteiger partial charge in [-0.05, 0) is 27.0 Å². The molecule has 16 heavy (non-hydrogen) atoms. The average molecular weight is 260 g/mol. The van der Waals surface area contributed by atoms with Gasteiger partial charge in [0.15, 0.2) is 10.8 Å². The van der Waals surface area contributed by atoms with Crippen LogP contribution in [0.5, 0.6) is 0 Å². The summed E-state index contributed by atoms with van der Waals surface area (Å²) in [5.74, 6) is -0.967. The molecule has 1 rings (SSSR count). The predicted octanol–water partition coefficient (Wildman–Crippen LogP) is 2.70. The van der Waals surface area contributed by atoms with Crippen LogP contribution >= 0.6 is 23.1 Å². The van der Waals surface area contributed by atoms with E-state index in [0.717, 1.165) is 11.4 Å². The van der Waals surface area contributed by atoms with Gasteiger partial charge in [0.2, 0.25) is 0 Å². The summed E-state index contributed by atoms with van der Waals surface area (Å²) >= 11 is 3.14. The number of carboxylic acids is 1. The molecule has 6 heteroatoms. The quantitative estimate of drug-likeness (QED) is 0.852. The summed E-state index contributed by atoms with van der Waals surface area (Å²) < 4.78 is 0.114. The number of nitrogens with zero attached hydrogens (tertiary/aromatic N) is 1. The monoisotopic (exact) mass is 260 g/mol. The molecule has 2 N–H and O–H groups in total. The van der Waals surface area contributed by atoms with Crippen molar-refractivity contribution in [2.45, 2.75) is 25.5 Å². The summed E-state index contributed by atoms with van der Waals surface area (Å²) in [4.78, 5) is 15.6. The first kappa shape index (κ1) is 13.3. The maximum absolute atomic E-state index is 10.8. The topological polar surface area (TPSA) is 62.2 Å². The van der Waals surface area contributed by atoms with E-state index in [1.165, 1.54) is 11.3 Å². The van der Waals surface area contributed by atoms with Crippen LogP contribution in [-0.2, 0) is 0 Å². The molecule has 0 unspecified atom stereocenters. The van der Waals surface area contributed by atoms with Crippen molar-refractivity contribution in [1.29, 1.82) is 0 Å². The lowest BCUT2D eigenvalue weighted by molar-refractivity contribution is 0.0690. The van der Waals surface area contributed by atoms with Crippen molar-refractivity contribution in [3.05, 3.63) is 10.6 Å². The van der Waals surface area contributed by atoms with Crippen molar-refractivity contribution in [1.82, 2.24) is 4.98 Å². The van der Waals surface area contributed by atoms with E-state index in [9.17, 15) is 4.79 Å². The molecule has 0 aliphatic heterocycles. The number of hydrogen-bond donors (Lipinski definition) is 2. The average Bonchev–Trinajstić information content (AvgIpc) is 2.57. The third kappa shape index (κ3) is 3.38. The van der Waals surface area contributed by atoms with Crippen molar-refractivity contribution in [3.8, 4) is 0 Å². The highest BCUT2D eigenvalue weighted by Gasteiger charge is 2.18. The van der Waals surface area contributed by atoms with E-state index in [1.54, 1.807) is 18.7 Å². The molecule has 0 fully saturated rings. The van der Waals surface area contributed by atoms with Crippen LogP contribution in [-0.4, -0.2) is 33.6 Å². The number of anilines is 1. The fourth-order valence-electron chi connectivity index (χ4n) is 1.03. The summed E-state index contributed by atoms with van der Waals surface area (Å²) in [5, 5.41) is 12.7. The Bertz CT molecular complexity index is 388. The Labute approximate surface area is 103 Å². The van der Waals surface area contributed by atoms with E-state index in [-0.39, 0.29) is 10.4 Å². The zero-order valence-corrected chi connectivity index (χ0v) is 11.5. The van der Waals surface area contributed by atoms with Gasteiger partial charge in [-0.2, -0.15) is 11.8 Å². The number of hydrogen-bond acceptors (Lipinski definition) is 5. The third-order valence-corrected chi connectivity index (χ3v) is 4.40. The van der Waals surface area contributed by atoms with Gasteiger partial charge < -0.3 is 10.4 Å². The van der Waals surface area contributed by atoms with E-state index in [0.29, 0.717) is 5.13 Å². The summed E-state index contributed by atoms with van der Waals surface area (Å²) in [6, 6.07) is 0. The van der Waals surface area contributed by atoms with E-state index in [1.807, 2.05) is 0 Å². The Kier molecular flexibility index (Phi) is 4.21. The Hall–Kier alpha value is -0.750. The van der Waals surface area contributed by atoms with Crippen LogP contribution in [0.3, 0.4) is 0 Å². The number of rotatable bonds is 5. The minimum atomic E-state index is -0.967. The molecule has 0 atom stereocenters. The number of aromatic nitrogens is 1. The number of aryl methyl sites for hydroxylation is 1. The molecule has 4 nitrogen and oxygen atoms in total. The molecule has 1 aromatic rings. The molecule has 0 aromatic carbocycles. The summed E-state index contributed by atoms with van der Waals surface area (Å²) in [6.45, 7) is 6.79. The SMILES string of the molecule is CSC(C)(C)CNc1nc(C(=O)O)c(C)s1. The highest BCUT2D eigenvalue weighted by molar-refractivity contribution is 7.99. The second-order valence-corrected chi connectivity index (χ2v) is 6.76. The Balaban J connectivity index is 2.69. The van der Waals surface area contributed by atoms with Crippen molar-refractivity contribution in [3.63, 3.8) is 0 Å². The maximum atomic E-state index is 10.8. The van der Waals surface area contributed by atoms with Crippen molar-refractivity contribution >= 4 is 34.2 Å². The molecule has 0 aliphatic carbocycles. The molecule has 0 radical (unpaired) electrons. The zero-order valence-electron chi connectivity index (χ0n) is 9.83. The normalized spacial score (nSPS) is 11.5. The van der Waals surface area contributed by atoms with Crippen LogP contribution in [0.15, 0.2) is 0 Å². The molecule has 90 valence electrons. The van der Waals surface area contributed by atoms with Gasteiger partial charge in [0, 0.05) is 16.2 Å². The largest absolute Gasteiger partial charge is 0.476 e. The Morgan fingerprint density at radius 3 is 2.69 bits per heavy atom. The van der Waals surface area contributed by atoms with Gasteiger partial charge in [-0.3, -0.25) is 0 Å². The second kappa shape index (κ2) is 5.05. The van der Waals surface area contributed by atoms with Gasteiger partial charge in [-0.15, -0.1) is 11.3 Å². The van der Waals surface area contributed by atoms with Crippen LogP contribution in [0.4, 0.5) is 5.13 Å². The minimum absolute atomic E-state index is 0.114. The lowest BCUT2D eigenvalue weighted by Crippen LogP contribution is -2.25. The van der Waals surface area contributed by atoms with Crippen molar-refractivity contribution in [2.75, 3.05) is 18.1 Å². The molecule has 0 saturated carbocycles. The first-order valence-electron chi connectivity index (χ1n) is 4.85. The standard InChI is InChI=1S/C10H16N2O2S2/c1-6-7(8(13)14)12-9(16-6)11-5-10(2,3)15-4/h5H2,1-4H3,(H,11,12)(H,13,14). The van der Waals surface area contributed by atoms with Gasteiger partial charge in [0.05, 0.1) is 0 Å². The number of aromatic carboxylic acids is 1. The number of carbonyl (C=O) groups is 1. The lowest BCUT2D eigenvalue weighted by atomic mass is 10.2. The van der Waals surface area contributed by atoms with Crippen molar-refractivity contribution in [2.24, 2.45) is 0 Å². The van der Waals surface area contributed by atoms with E-state index in [2.05, 4.69) is 30.4 Å². The molecular formula is C10H16N2O2S2. The smallest absolute Gasteiger partial charge is 0.355 e. The van der Waals surface area contributed by atoms with Crippen LogP contribution in [0.2, 0.25) is 0 Å².